The molecule has 0 amide bonds. The first-order valence-electron chi connectivity index (χ1n) is 7.77. The Morgan fingerprint density at radius 2 is 1.78 bits per heavy atom. The first-order chi connectivity index (χ1) is 8.88. The summed E-state index contributed by atoms with van der Waals surface area (Å²) in [6.07, 6.45) is 16.6. The van der Waals surface area contributed by atoms with Crippen LogP contribution < -0.4 is 5.32 Å². The van der Waals surface area contributed by atoms with E-state index in [0.29, 0.717) is 0 Å². The van der Waals surface area contributed by atoms with Crippen LogP contribution >= 0.6 is 0 Å². The highest BCUT2D eigenvalue weighted by Crippen LogP contribution is 2.25. The third kappa shape index (κ3) is 4.63. The molecule has 1 saturated heterocycles. The van der Waals surface area contributed by atoms with E-state index >= 15 is 0 Å². The summed E-state index contributed by atoms with van der Waals surface area (Å²) < 4.78 is 0. The predicted molar refractivity (Wildman–Crippen MR) is 77.5 cm³/mol. The first-order valence-corrected chi connectivity index (χ1v) is 7.77. The van der Waals surface area contributed by atoms with Crippen LogP contribution in [0.4, 0.5) is 0 Å². The van der Waals surface area contributed by atoms with Crippen molar-refractivity contribution in [3.63, 3.8) is 0 Å². The smallest absolute Gasteiger partial charge is 0.0598 e. The zero-order chi connectivity index (χ0) is 12.6. The van der Waals surface area contributed by atoms with Gasteiger partial charge in [-0.2, -0.15) is 0 Å². The van der Waals surface area contributed by atoms with Crippen molar-refractivity contribution in [2.45, 2.75) is 57.4 Å². The van der Waals surface area contributed by atoms with Crippen LogP contribution in [-0.2, 0) is 0 Å². The second kappa shape index (κ2) is 7.81. The Morgan fingerprint density at radius 3 is 2.44 bits per heavy atom. The molecule has 1 aliphatic heterocycles. The molecule has 0 atom stereocenters. The number of piperidine rings is 1. The van der Waals surface area contributed by atoms with Crippen LogP contribution in [0.15, 0.2) is 0 Å². The van der Waals surface area contributed by atoms with Gasteiger partial charge in [0.05, 0.1) is 6.54 Å². The molecular weight excluding hydrogens is 220 g/mol. The maximum atomic E-state index is 5.35. The number of likely N-dealkylation sites (tertiary alicyclic amines) is 1. The number of nitrogens with one attached hydrogen (secondary N) is 1. The highest BCUT2D eigenvalue weighted by atomic mass is 15.1. The lowest BCUT2D eigenvalue weighted by Gasteiger charge is -2.31. The molecule has 2 nitrogen and oxygen atoms in total. The van der Waals surface area contributed by atoms with Gasteiger partial charge in [-0.1, -0.05) is 38.0 Å². The van der Waals surface area contributed by atoms with E-state index in [4.69, 9.17) is 6.42 Å². The minimum atomic E-state index is 0.739. The molecule has 2 fully saturated rings. The Balaban J connectivity index is 1.53. The first kappa shape index (κ1) is 13.9. The lowest BCUT2D eigenvalue weighted by atomic mass is 9.87. The van der Waals surface area contributed by atoms with Gasteiger partial charge in [0.1, 0.15) is 0 Å². The fourth-order valence-corrected chi connectivity index (χ4v) is 3.39. The molecular formula is C16H28N2. The lowest BCUT2D eigenvalue weighted by molar-refractivity contribution is 0.214. The van der Waals surface area contributed by atoms with Crippen molar-refractivity contribution in [3.8, 4) is 12.3 Å². The standard InChI is InChI=1S/C16H28N2/c1-2-12-18-13-9-16(10-14-18)17-11-8-15-6-4-3-5-7-15/h1,15-17H,3-14H2. The van der Waals surface area contributed by atoms with Gasteiger partial charge in [-0.25, -0.2) is 0 Å². The van der Waals surface area contributed by atoms with Gasteiger partial charge in [0, 0.05) is 19.1 Å². The molecule has 0 bridgehead atoms. The molecule has 0 radical (unpaired) electrons. The highest BCUT2D eigenvalue weighted by Gasteiger charge is 2.18. The number of hydrogen-bond acceptors (Lipinski definition) is 2. The fourth-order valence-electron chi connectivity index (χ4n) is 3.39. The summed E-state index contributed by atoms with van der Waals surface area (Å²) in [6.45, 7) is 4.40. The zero-order valence-electron chi connectivity index (χ0n) is 11.7. The monoisotopic (exact) mass is 248 g/mol. The summed E-state index contributed by atoms with van der Waals surface area (Å²) in [5.74, 6) is 3.75. The van der Waals surface area contributed by atoms with Crippen molar-refractivity contribution in [1.29, 1.82) is 0 Å². The molecule has 2 aliphatic rings. The maximum absolute atomic E-state index is 5.35. The van der Waals surface area contributed by atoms with Gasteiger partial charge >= 0.3 is 0 Å². The van der Waals surface area contributed by atoms with Crippen molar-refractivity contribution in [2.75, 3.05) is 26.2 Å². The largest absolute Gasteiger partial charge is 0.314 e. The molecule has 1 saturated carbocycles. The molecule has 2 heteroatoms. The average molecular weight is 248 g/mol. The van der Waals surface area contributed by atoms with E-state index < -0.39 is 0 Å². The van der Waals surface area contributed by atoms with Crippen LogP contribution in [0, 0.1) is 18.3 Å². The Kier molecular flexibility index (Phi) is 6.04. The number of terminal acetylenes is 1. The summed E-state index contributed by atoms with van der Waals surface area (Å²) in [6, 6.07) is 0.739. The minimum Gasteiger partial charge on any atom is -0.314 e. The van der Waals surface area contributed by atoms with E-state index in [1.54, 1.807) is 0 Å². The van der Waals surface area contributed by atoms with E-state index in [1.165, 1.54) is 71.0 Å². The normalized spacial score (nSPS) is 23.9. The number of rotatable bonds is 5. The second-order valence-corrected chi connectivity index (χ2v) is 6.00. The summed E-state index contributed by atoms with van der Waals surface area (Å²) in [4.78, 5) is 2.39. The Bertz CT molecular complexity index is 255. The number of nitrogens with zero attached hydrogens (tertiary/aromatic N) is 1. The van der Waals surface area contributed by atoms with Gasteiger partial charge < -0.3 is 5.32 Å². The van der Waals surface area contributed by atoms with Crippen molar-refractivity contribution in [2.24, 2.45) is 5.92 Å². The van der Waals surface area contributed by atoms with Crippen LogP contribution in [0.5, 0.6) is 0 Å². The molecule has 0 aromatic carbocycles. The van der Waals surface area contributed by atoms with Gasteiger partial charge in [-0.15, -0.1) is 6.42 Å². The molecule has 1 N–H and O–H groups in total. The van der Waals surface area contributed by atoms with E-state index in [-0.39, 0.29) is 0 Å². The Hall–Kier alpha value is -0.520. The fraction of sp³-hybridized carbons (Fsp3) is 0.875. The highest BCUT2D eigenvalue weighted by molar-refractivity contribution is 4.90. The predicted octanol–water partition coefficient (Wildman–Crippen LogP) is 2.64. The SMILES string of the molecule is C#CCN1CCC(NCCC2CCCCC2)CC1. The maximum Gasteiger partial charge on any atom is 0.0598 e. The molecule has 0 aromatic rings. The molecule has 18 heavy (non-hydrogen) atoms. The molecule has 2 rings (SSSR count). The van der Waals surface area contributed by atoms with E-state index in [0.717, 1.165) is 18.5 Å². The van der Waals surface area contributed by atoms with Crippen LogP contribution in [0.2, 0.25) is 0 Å². The average Bonchev–Trinajstić information content (AvgIpc) is 2.42. The molecule has 0 aromatic heterocycles. The van der Waals surface area contributed by atoms with E-state index in [9.17, 15) is 0 Å². The van der Waals surface area contributed by atoms with E-state index in [1.807, 2.05) is 0 Å². The third-order valence-electron chi connectivity index (χ3n) is 4.61. The topological polar surface area (TPSA) is 15.3 Å². The van der Waals surface area contributed by atoms with E-state index in [2.05, 4.69) is 16.1 Å². The minimum absolute atomic E-state index is 0.739. The van der Waals surface area contributed by atoms with Gasteiger partial charge in [0.25, 0.3) is 0 Å². The van der Waals surface area contributed by atoms with Crippen molar-refractivity contribution >= 4 is 0 Å². The summed E-state index contributed by atoms with van der Waals surface area (Å²) in [5.41, 5.74) is 0. The second-order valence-electron chi connectivity index (χ2n) is 6.00. The zero-order valence-corrected chi connectivity index (χ0v) is 11.7. The number of hydrogen-bond donors (Lipinski definition) is 1. The van der Waals surface area contributed by atoms with Gasteiger partial charge in [-0.3, -0.25) is 4.90 Å². The van der Waals surface area contributed by atoms with Crippen molar-refractivity contribution < 1.29 is 0 Å². The van der Waals surface area contributed by atoms with Crippen molar-refractivity contribution in [1.82, 2.24) is 10.2 Å². The Labute approximate surface area is 113 Å². The van der Waals surface area contributed by atoms with Gasteiger partial charge in [0.2, 0.25) is 0 Å². The Morgan fingerprint density at radius 1 is 1.06 bits per heavy atom. The molecule has 0 spiro atoms. The molecule has 1 heterocycles. The molecule has 1 aliphatic carbocycles. The van der Waals surface area contributed by atoms with Gasteiger partial charge in [-0.05, 0) is 31.7 Å². The molecule has 0 unspecified atom stereocenters. The lowest BCUT2D eigenvalue weighted by Crippen LogP contribution is -2.43. The quantitative estimate of drug-likeness (QED) is 0.753. The summed E-state index contributed by atoms with van der Waals surface area (Å²) in [5, 5.41) is 3.75. The van der Waals surface area contributed by atoms with Crippen LogP contribution in [0.25, 0.3) is 0 Å². The van der Waals surface area contributed by atoms with Gasteiger partial charge in [0.15, 0.2) is 0 Å². The van der Waals surface area contributed by atoms with Crippen LogP contribution in [0.1, 0.15) is 51.4 Å². The third-order valence-corrected chi connectivity index (χ3v) is 4.61. The summed E-state index contributed by atoms with van der Waals surface area (Å²) >= 11 is 0. The molecule has 102 valence electrons. The van der Waals surface area contributed by atoms with Crippen LogP contribution in [0.3, 0.4) is 0 Å². The van der Waals surface area contributed by atoms with Crippen molar-refractivity contribution in [3.05, 3.63) is 0 Å². The summed E-state index contributed by atoms with van der Waals surface area (Å²) in [7, 11) is 0. The van der Waals surface area contributed by atoms with Crippen LogP contribution in [-0.4, -0.2) is 37.1 Å².